The average Bonchev–Trinajstić information content (AvgIpc) is 2.51. The van der Waals surface area contributed by atoms with Crippen LogP contribution in [0.25, 0.3) is 0 Å². The van der Waals surface area contributed by atoms with Gasteiger partial charge in [-0.3, -0.25) is 24.0 Å². The molecule has 5 atom stereocenters. The lowest BCUT2D eigenvalue weighted by Gasteiger charge is -2.48. The molecular formula is C17H24O11. The van der Waals surface area contributed by atoms with Gasteiger partial charge in [-0.1, -0.05) is 0 Å². The van der Waals surface area contributed by atoms with Crippen molar-refractivity contribution in [3.63, 3.8) is 0 Å². The highest BCUT2D eigenvalue weighted by Gasteiger charge is 2.59. The standard InChI is InChI=1S/C17H24O11/c1-8(18)23-7-17(6)15(26-11(4)21)13(24-9(2)19)14(25-10(3)20)16(28-17)27-12(5)22/h13-16H,7H2,1-6H3/t13-,14+,15-,16?,17-/m1/s1. The second kappa shape index (κ2) is 9.49. The maximum absolute atomic E-state index is 11.6. The SMILES string of the molecule is CC(=O)OC[C@@]1(C)OC(OC(C)=O)[C@@H](OC(C)=O)[C@@H](OC(C)=O)[C@H]1OC(C)=O. The maximum atomic E-state index is 11.6. The van der Waals surface area contributed by atoms with E-state index >= 15 is 0 Å². The van der Waals surface area contributed by atoms with Gasteiger partial charge in [0.25, 0.3) is 0 Å². The fourth-order valence-electron chi connectivity index (χ4n) is 2.70. The van der Waals surface area contributed by atoms with E-state index in [1.807, 2.05) is 0 Å². The molecule has 0 aromatic heterocycles. The van der Waals surface area contributed by atoms with Crippen molar-refractivity contribution >= 4 is 29.8 Å². The molecule has 11 nitrogen and oxygen atoms in total. The van der Waals surface area contributed by atoms with E-state index in [0.29, 0.717) is 0 Å². The van der Waals surface area contributed by atoms with Gasteiger partial charge in [0.05, 0.1) is 0 Å². The fourth-order valence-corrected chi connectivity index (χ4v) is 2.70. The lowest BCUT2D eigenvalue weighted by molar-refractivity contribution is -0.329. The molecule has 1 aliphatic rings. The Balaban J connectivity index is 3.44. The van der Waals surface area contributed by atoms with Gasteiger partial charge >= 0.3 is 29.8 Å². The van der Waals surface area contributed by atoms with Crippen LogP contribution in [0, 0.1) is 0 Å². The smallest absolute Gasteiger partial charge is 0.305 e. The first-order chi connectivity index (χ1) is 12.9. The summed E-state index contributed by atoms with van der Waals surface area (Å²) in [5.41, 5.74) is -1.59. The second-order valence-electron chi connectivity index (χ2n) is 6.37. The summed E-state index contributed by atoms with van der Waals surface area (Å²) in [5, 5.41) is 0. The number of hydrogen-bond donors (Lipinski definition) is 0. The monoisotopic (exact) mass is 404 g/mol. The molecule has 1 heterocycles. The van der Waals surface area contributed by atoms with Crippen molar-refractivity contribution in [3.05, 3.63) is 0 Å². The zero-order valence-electron chi connectivity index (χ0n) is 16.5. The van der Waals surface area contributed by atoms with Crippen LogP contribution in [0.15, 0.2) is 0 Å². The predicted molar refractivity (Wildman–Crippen MR) is 88.3 cm³/mol. The number of carbonyl (C=O) groups is 5. The minimum Gasteiger partial charge on any atom is -0.463 e. The van der Waals surface area contributed by atoms with Gasteiger partial charge in [0.15, 0.2) is 12.2 Å². The third kappa shape index (κ3) is 6.48. The number of esters is 5. The number of carbonyl (C=O) groups excluding carboxylic acids is 5. The molecule has 0 aromatic rings. The van der Waals surface area contributed by atoms with Gasteiger partial charge in [0, 0.05) is 34.6 Å². The Morgan fingerprint density at radius 1 is 0.714 bits per heavy atom. The summed E-state index contributed by atoms with van der Waals surface area (Å²) in [5.74, 6) is -3.75. The predicted octanol–water partition coefficient (Wildman–Crippen LogP) is 0.0227. The molecule has 0 radical (unpaired) electrons. The molecule has 1 unspecified atom stereocenters. The largest absolute Gasteiger partial charge is 0.463 e. The van der Waals surface area contributed by atoms with Crippen LogP contribution >= 0.6 is 0 Å². The Bertz CT molecular complexity index is 643. The molecule has 0 saturated carbocycles. The van der Waals surface area contributed by atoms with E-state index in [9.17, 15) is 24.0 Å². The van der Waals surface area contributed by atoms with Gasteiger partial charge in [-0.25, -0.2) is 0 Å². The topological polar surface area (TPSA) is 141 Å². The highest BCUT2D eigenvalue weighted by Crippen LogP contribution is 2.36. The molecule has 0 N–H and O–H groups in total. The Morgan fingerprint density at radius 2 is 1.18 bits per heavy atom. The normalized spacial score (nSPS) is 29.2. The molecular weight excluding hydrogens is 380 g/mol. The van der Waals surface area contributed by atoms with E-state index in [1.165, 1.54) is 6.92 Å². The van der Waals surface area contributed by atoms with Crippen molar-refractivity contribution in [2.75, 3.05) is 6.61 Å². The molecule has 11 heteroatoms. The maximum Gasteiger partial charge on any atom is 0.305 e. The van der Waals surface area contributed by atoms with Crippen molar-refractivity contribution in [1.29, 1.82) is 0 Å². The van der Waals surface area contributed by atoms with E-state index in [-0.39, 0.29) is 0 Å². The van der Waals surface area contributed by atoms with Crippen molar-refractivity contribution in [2.45, 2.75) is 71.7 Å². The number of hydrogen-bond acceptors (Lipinski definition) is 11. The van der Waals surface area contributed by atoms with Gasteiger partial charge in [-0.2, -0.15) is 0 Å². The fraction of sp³-hybridized carbons (Fsp3) is 0.706. The Labute approximate surface area is 161 Å². The van der Waals surface area contributed by atoms with E-state index in [2.05, 4.69) is 0 Å². The van der Waals surface area contributed by atoms with Crippen LogP contribution in [0.4, 0.5) is 0 Å². The van der Waals surface area contributed by atoms with Crippen LogP contribution < -0.4 is 0 Å². The van der Waals surface area contributed by atoms with Crippen LogP contribution in [-0.2, 0) is 52.4 Å². The Kier molecular flexibility index (Phi) is 7.91. The molecule has 1 rings (SSSR count). The average molecular weight is 404 g/mol. The summed E-state index contributed by atoms with van der Waals surface area (Å²) < 4.78 is 31.4. The summed E-state index contributed by atoms with van der Waals surface area (Å²) in [6.07, 6.45) is -5.69. The van der Waals surface area contributed by atoms with Crippen LogP contribution in [0.1, 0.15) is 41.5 Å². The van der Waals surface area contributed by atoms with Gasteiger partial charge in [-0.05, 0) is 6.92 Å². The molecule has 0 aromatic carbocycles. The van der Waals surface area contributed by atoms with Crippen LogP contribution in [0.5, 0.6) is 0 Å². The molecule has 28 heavy (non-hydrogen) atoms. The van der Waals surface area contributed by atoms with Crippen molar-refractivity contribution in [1.82, 2.24) is 0 Å². The minimum absolute atomic E-state index is 0.428. The van der Waals surface area contributed by atoms with Gasteiger partial charge in [0.2, 0.25) is 12.4 Å². The minimum atomic E-state index is -1.59. The molecule has 0 bridgehead atoms. The molecule has 1 aliphatic heterocycles. The van der Waals surface area contributed by atoms with Gasteiger partial charge in [-0.15, -0.1) is 0 Å². The van der Waals surface area contributed by atoms with Crippen molar-refractivity contribution in [3.8, 4) is 0 Å². The summed E-state index contributed by atoms with van der Waals surface area (Å²) >= 11 is 0. The first kappa shape index (κ1) is 23.3. The van der Waals surface area contributed by atoms with E-state index in [4.69, 9.17) is 28.4 Å². The lowest BCUT2D eigenvalue weighted by Crippen LogP contribution is -2.68. The third-order valence-electron chi connectivity index (χ3n) is 3.62. The highest BCUT2D eigenvalue weighted by atomic mass is 16.8. The van der Waals surface area contributed by atoms with E-state index in [1.54, 1.807) is 0 Å². The third-order valence-corrected chi connectivity index (χ3v) is 3.62. The van der Waals surface area contributed by atoms with E-state index < -0.39 is 66.7 Å². The second-order valence-corrected chi connectivity index (χ2v) is 6.37. The summed E-state index contributed by atoms with van der Waals surface area (Å²) in [4.78, 5) is 57.6. The van der Waals surface area contributed by atoms with Crippen LogP contribution in [-0.4, -0.2) is 66.7 Å². The quantitative estimate of drug-likeness (QED) is 0.437. The van der Waals surface area contributed by atoms with Gasteiger partial charge < -0.3 is 28.4 Å². The molecule has 0 aliphatic carbocycles. The zero-order chi connectivity index (χ0) is 21.6. The first-order valence-electron chi connectivity index (χ1n) is 8.35. The molecule has 0 spiro atoms. The summed E-state index contributed by atoms with van der Waals surface area (Å²) in [6, 6.07) is 0. The van der Waals surface area contributed by atoms with Crippen LogP contribution in [0.2, 0.25) is 0 Å². The van der Waals surface area contributed by atoms with E-state index in [0.717, 1.165) is 34.6 Å². The Morgan fingerprint density at radius 3 is 1.61 bits per heavy atom. The molecule has 158 valence electrons. The van der Waals surface area contributed by atoms with Crippen LogP contribution in [0.3, 0.4) is 0 Å². The lowest BCUT2D eigenvalue weighted by atomic mass is 9.88. The number of ether oxygens (including phenoxy) is 6. The number of rotatable bonds is 6. The first-order valence-corrected chi connectivity index (χ1v) is 8.35. The highest BCUT2D eigenvalue weighted by molar-refractivity contribution is 5.69. The summed E-state index contributed by atoms with van der Waals surface area (Å²) in [6.45, 7) is 6.51. The molecule has 1 saturated heterocycles. The summed E-state index contributed by atoms with van der Waals surface area (Å²) in [7, 11) is 0. The van der Waals surface area contributed by atoms with Gasteiger partial charge in [0.1, 0.15) is 12.2 Å². The Hall–Kier alpha value is -2.69. The molecule has 1 fully saturated rings. The molecule has 0 amide bonds. The van der Waals surface area contributed by atoms with Crippen molar-refractivity contribution < 1.29 is 52.4 Å². The van der Waals surface area contributed by atoms with Crippen molar-refractivity contribution in [2.24, 2.45) is 0 Å². The zero-order valence-corrected chi connectivity index (χ0v) is 16.5.